The number of H-pyrrole nitrogens is 1. The molecule has 0 aliphatic heterocycles. The Kier molecular flexibility index (Phi) is 4.99. The standard InChI is InChI=1S/C18H13ClFN3O3/c1-26-18-13(6-3-7-21-18)23-17(25)14-8-10(9-22-14)16(24)15-11(19)4-2-5-12(15)20/h2-9,22H,1H3,(H,23,25). The van der Waals surface area contributed by atoms with E-state index in [0.29, 0.717) is 5.69 Å². The molecule has 0 radical (unpaired) electrons. The molecule has 132 valence electrons. The van der Waals surface area contributed by atoms with Gasteiger partial charge in [-0.25, -0.2) is 9.37 Å². The number of nitrogens with one attached hydrogen (secondary N) is 2. The van der Waals surface area contributed by atoms with Crippen LogP contribution in [0.2, 0.25) is 5.02 Å². The maximum Gasteiger partial charge on any atom is 0.272 e. The molecule has 2 aromatic heterocycles. The zero-order valence-corrected chi connectivity index (χ0v) is 14.3. The largest absolute Gasteiger partial charge is 0.480 e. The Morgan fingerprint density at radius 2 is 2.08 bits per heavy atom. The molecular formula is C18H13ClFN3O3. The summed E-state index contributed by atoms with van der Waals surface area (Å²) in [7, 11) is 1.43. The van der Waals surface area contributed by atoms with Gasteiger partial charge in [-0.2, -0.15) is 0 Å². The highest BCUT2D eigenvalue weighted by molar-refractivity contribution is 6.35. The molecule has 0 fully saturated rings. The molecule has 3 rings (SSSR count). The van der Waals surface area contributed by atoms with Gasteiger partial charge in [-0.3, -0.25) is 9.59 Å². The number of nitrogens with zero attached hydrogens (tertiary/aromatic N) is 1. The van der Waals surface area contributed by atoms with Crippen molar-refractivity contribution < 1.29 is 18.7 Å². The summed E-state index contributed by atoms with van der Waals surface area (Å²) in [6.07, 6.45) is 2.85. The van der Waals surface area contributed by atoms with Crippen molar-refractivity contribution in [1.29, 1.82) is 0 Å². The van der Waals surface area contributed by atoms with E-state index >= 15 is 0 Å². The van der Waals surface area contributed by atoms with Crippen molar-refractivity contribution >= 4 is 29.0 Å². The number of rotatable bonds is 5. The Bertz CT molecular complexity index is 967. The van der Waals surface area contributed by atoms with Gasteiger partial charge in [-0.15, -0.1) is 0 Å². The maximum atomic E-state index is 13.9. The summed E-state index contributed by atoms with van der Waals surface area (Å²) < 4.78 is 19.0. The normalized spacial score (nSPS) is 10.4. The number of carbonyl (C=O) groups excluding carboxylic acids is 2. The molecule has 26 heavy (non-hydrogen) atoms. The first-order valence-electron chi connectivity index (χ1n) is 7.48. The molecule has 0 saturated carbocycles. The van der Waals surface area contributed by atoms with Gasteiger partial charge >= 0.3 is 0 Å². The third kappa shape index (κ3) is 3.43. The van der Waals surface area contributed by atoms with E-state index in [1.165, 1.54) is 37.7 Å². The Labute approximate surface area is 153 Å². The van der Waals surface area contributed by atoms with Gasteiger partial charge in [0, 0.05) is 18.0 Å². The number of anilines is 1. The molecule has 0 spiro atoms. The fraction of sp³-hybridized carbons (Fsp3) is 0.0556. The van der Waals surface area contributed by atoms with E-state index in [1.54, 1.807) is 12.1 Å². The summed E-state index contributed by atoms with van der Waals surface area (Å²) >= 11 is 5.91. The Balaban J connectivity index is 1.83. The van der Waals surface area contributed by atoms with Gasteiger partial charge in [-0.05, 0) is 30.3 Å². The van der Waals surface area contributed by atoms with E-state index in [0.717, 1.165) is 6.07 Å². The van der Waals surface area contributed by atoms with Crippen LogP contribution in [0.1, 0.15) is 26.4 Å². The zero-order valence-electron chi connectivity index (χ0n) is 13.5. The summed E-state index contributed by atoms with van der Waals surface area (Å²) in [5, 5.41) is 2.63. The molecule has 0 saturated heterocycles. The van der Waals surface area contributed by atoms with Gasteiger partial charge in [0.15, 0.2) is 5.78 Å². The Morgan fingerprint density at radius 1 is 1.27 bits per heavy atom. The SMILES string of the molecule is COc1ncccc1NC(=O)c1cc(C(=O)c2c(F)cccc2Cl)c[nH]1. The lowest BCUT2D eigenvalue weighted by Gasteiger charge is -2.07. The molecule has 1 amide bonds. The quantitative estimate of drug-likeness (QED) is 0.668. The van der Waals surface area contributed by atoms with Gasteiger partial charge in [-0.1, -0.05) is 17.7 Å². The van der Waals surface area contributed by atoms with E-state index in [-0.39, 0.29) is 27.7 Å². The average molecular weight is 374 g/mol. The minimum Gasteiger partial charge on any atom is -0.480 e. The first-order chi connectivity index (χ1) is 12.5. The van der Waals surface area contributed by atoms with Crippen molar-refractivity contribution in [3.63, 3.8) is 0 Å². The summed E-state index contributed by atoms with van der Waals surface area (Å²) in [6, 6.07) is 8.57. The Hall–Kier alpha value is -3.19. The van der Waals surface area contributed by atoms with Crippen LogP contribution in [-0.4, -0.2) is 28.8 Å². The van der Waals surface area contributed by atoms with Gasteiger partial charge in [0.1, 0.15) is 17.2 Å². The lowest BCUT2D eigenvalue weighted by Crippen LogP contribution is -2.13. The van der Waals surface area contributed by atoms with E-state index in [4.69, 9.17) is 16.3 Å². The first-order valence-corrected chi connectivity index (χ1v) is 7.86. The number of pyridine rings is 1. The minimum atomic E-state index is -0.727. The number of hydrogen-bond donors (Lipinski definition) is 2. The van der Waals surface area contributed by atoms with Crippen molar-refractivity contribution in [2.75, 3.05) is 12.4 Å². The molecule has 2 heterocycles. The minimum absolute atomic E-state index is 0.00213. The van der Waals surface area contributed by atoms with Gasteiger partial charge in [0.25, 0.3) is 5.91 Å². The summed E-state index contributed by atoms with van der Waals surface area (Å²) in [6.45, 7) is 0. The summed E-state index contributed by atoms with van der Waals surface area (Å²) in [5.74, 6) is -1.60. The molecule has 1 aromatic carbocycles. The highest BCUT2D eigenvalue weighted by Crippen LogP contribution is 2.24. The number of amides is 1. The number of aromatic nitrogens is 2. The number of ether oxygens (including phenoxy) is 1. The van der Waals surface area contributed by atoms with Gasteiger partial charge in [0.2, 0.25) is 5.88 Å². The van der Waals surface area contributed by atoms with Crippen LogP contribution < -0.4 is 10.1 Å². The fourth-order valence-electron chi connectivity index (χ4n) is 2.35. The topological polar surface area (TPSA) is 84.1 Å². The predicted octanol–water partition coefficient (Wildman–Crippen LogP) is 3.69. The van der Waals surface area contributed by atoms with E-state index in [1.807, 2.05) is 0 Å². The van der Waals surface area contributed by atoms with Crippen LogP contribution >= 0.6 is 11.6 Å². The third-order valence-corrected chi connectivity index (χ3v) is 3.91. The highest BCUT2D eigenvalue weighted by Gasteiger charge is 2.20. The molecule has 2 N–H and O–H groups in total. The van der Waals surface area contributed by atoms with Gasteiger partial charge in [0.05, 0.1) is 17.7 Å². The molecule has 0 atom stereocenters. The molecule has 6 nitrogen and oxygen atoms in total. The zero-order chi connectivity index (χ0) is 18.7. The van der Waals surface area contributed by atoms with Crippen molar-refractivity contribution in [1.82, 2.24) is 9.97 Å². The molecule has 0 aliphatic carbocycles. The molecule has 8 heteroatoms. The molecular weight excluding hydrogens is 361 g/mol. The van der Waals surface area contributed by atoms with Crippen LogP contribution in [0, 0.1) is 5.82 Å². The summed E-state index contributed by atoms with van der Waals surface area (Å²) in [4.78, 5) is 31.5. The highest BCUT2D eigenvalue weighted by atomic mass is 35.5. The number of halogens is 2. The number of benzene rings is 1. The van der Waals surface area contributed by atoms with Crippen LogP contribution in [0.3, 0.4) is 0 Å². The van der Waals surface area contributed by atoms with Crippen LogP contribution in [0.4, 0.5) is 10.1 Å². The lowest BCUT2D eigenvalue weighted by molar-refractivity contribution is 0.102. The van der Waals surface area contributed by atoms with Crippen molar-refractivity contribution in [3.05, 3.63) is 76.5 Å². The van der Waals surface area contributed by atoms with E-state index in [9.17, 15) is 14.0 Å². The molecule has 0 bridgehead atoms. The fourth-order valence-corrected chi connectivity index (χ4v) is 2.60. The van der Waals surface area contributed by atoms with E-state index < -0.39 is 17.5 Å². The van der Waals surface area contributed by atoms with Crippen molar-refractivity contribution in [2.24, 2.45) is 0 Å². The van der Waals surface area contributed by atoms with Crippen molar-refractivity contribution in [3.8, 4) is 5.88 Å². The molecule has 0 unspecified atom stereocenters. The van der Waals surface area contributed by atoms with Crippen molar-refractivity contribution in [2.45, 2.75) is 0 Å². The monoisotopic (exact) mass is 373 g/mol. The smallest absolute Gasteiger partial charge is 0.272 e. The second-order valence-corrected chi connectivity index (χ2v) is 5.65. The maximum absolute atomic E-state index is 13.9. The first kappa shape index (κ1) is 17.6. The van der Waals surface area contributed by atoms with Gasteiger partial charge < -0.3 is 15.0 Å². The summed E-state index contributed by atoms with van der Waals surface area (Å²) in [5.41, 5.74) is 0.362. The second-order valence-electron chi connectivity index (χ2n) is 5.24. The second kappa shape index (κ2) is 7.37. The van der Waals surface area contributed by atoms with Crippen LogP contribution in [0.25, 0.3) is 0 Å². The van der Waals surface area contributed by atoms with Crippen LogP contribution in [0.15, 0.2) is 48.8 Å². The number of methoxy groups -OCH3 is 1. The van der Waals surface area contributed by atoms with Crippen LogP contribution in [-0.2, 0) is 0 Å². The lowest BCUT2D eigenvalue weighted by atomic mass is 10.1. The number of ketones is 1. The molecule has 0 aliphatic rings. The number of carbonyl (C=O) groups is 2. The van der Waals surface area contributed by atoms with Crippen LogP contribution in [0.5, 0.6) is 5.88 Å². The van der Waals surface area contributed by atoms with E-state index in [2.05, 4.69) is 15.3 Å². The third-order valence-electron chi connectivity index (χ3n) is 3.59. The predicted molar refractivity (Wildman–Crippen MR) is 94.4 cm³/mol. The average Bonchev–Trinajstić information content (AvgIpc) is 3.12. The molecule has 3 aromatic rings. The number of hydrogen-bond acceptors (Lipinski definition) is 4. The Morgan fingerprint density at radius 3 is 2.81 bits per heavy atom. The number of aromatic amines is 1.